The third-order valence-corrected chi connectivity index (χ3v) is 2.19. The fourth-order valence-electron chi connectivity index (χ4n) is 1.23. The van der Waals surface area contributed by atoms with Crippen LogP contribution in [0.2, 0.25) is 0 Å². The number of aromatic amines is 1. The summed E-state index contributed by atoms with van der Waals surface area (Å²) < 4.78 is 0. The molecule has 1 atom stereocenters. The predicted molar refractivity (Wildman–Crippen MR) is 59.4 cm³/mol. The first-order valence-corrected chi connectivity index (χ1v) is 5.05. The van der Waals surface area contributed by atoms with E-state index in [0.29, 0.717) is 17.8 Å². The number of hydrogen-bond acceptors (Lipinski definition) is 4. The van der Waals surface area contributed by atoms with Gasteiger partial charge in [0.15, 0.2) is 5.65 Å². The summed E-state index contributed by atoms with van der Waals surface area (Å²) >= 11 is 0. The van der Waals surface area contributed by atoms with Crippen molar-refractivity contribution in [3.05, 3.63) is 18.3 Å². The van der Waals surface area contributed by atoms with Crippen LogP contribution < -0.4 is 0 Å². The Morgan fingerprint density at radius 1 is 1.44 bits per heavy atom. The zero-order chi connectivity index (χ0) is 11.4. The van der Waals surface area contributed by atoms with Gasteiger partial charge in [-0.15, -0.1) is 0 Å². The summed E-state index contributed by atoms with van der Waals surface area (Å²) in [7, 11) is 0. The minimum atomic E-state index is 0.151. The number of aliphatic hydroxyl groups excluding tert-OH is 1. The third kappa shape index (κ3) is 2.18. The van der Waals surface area contributed by atoms with Crippen molar-refractivity contribution in [3.63, 3.8) is 0 Å². The van der Waals surface area contributed by atoms with Crippen LogP contribution in [0.4, 0.5) is 0 Å². The molecule has 0 aliphatic carbocycles. The van der Waals surface area contributed by atoms with E-state index in [-0.39, 0.29) is 12.5 Å². The molecule has 2 rings (SSSR count). The van der Waals surface area contributed by atoms with Crippen LogP contribution in [0.3, 0.4) is 0 Å². The minimum Gasteiger partial charge on any atom is -0.396 e. The molecule has 82 valence electrons. The molecule has 0 radical (unpaired) electrons. The van der Waals surface area contributed by atoms with Crippen molar-refractivity contribution in [2.75, 3.05) is 6.61 Å². The molecular weight excluding hydrogens is 204 g/mol. The maximum Gasteiger partial charge on any atom is 0.181 e. The van der Waals surface area contributed by atoms with Crippen LogP contribution in [0, 0.1) is 17.8 Å². The fraction of sp³-hybridized carbons (Fsp3) is 0.364. The van der Waals surface area contributed by atoms with Crippen molar-refractivity contribution in [2.45, 2.75) is 13.3 Å². The van der Waals surface area contributed by atoms with Gasteiger partial charge in [-0.05, 0) is 11.8 Å². The lowest BCUT2D eigenvalue weighted by Gasteiger charge is -1.98. The van der Waals surface area contributed by atoms with Gasteiger partial charge >= 0.3 is 0 Å². The van der Waals surface area contributed by atoms with E-state index >= 15 is 0 Å². The lowest BCUT2D eigenvalue weighted by atomic mass is 10.1. The van der Waals surface area contributed by atoms with Gasteiger partial charge in [0.05, 0.1) is 6.33 Å². The van der Waals surface area contributed by atoms with Crippen molar-refractivity contribution >= 4 is 11.2 Å². The zero-order valence-corrected chi connectivity index (χ0v) is 8.94. The highest BCUT2D eigenvalue weighted by atomic mass is 16.3. The Bertz CT molecular complexity index is 537. The first kappa shape index (κ1) is 10.6. The molecule has 2 aromatic rings. The molecule has 0 aliphatic heterocycles. The molecule has 5 nitrogen and oxygen atoms in total. The summed E-state index contributed by atoms with van der Waals surface area (Å²) in [6.07, 6.45) is 3.67. The molecule has 0 saturated heterocycles. The number of imidazole rings is 1. The predicted octanol–water partition coefficient (Wildman–Crippen LogP) is 0.723. The molecule has 16 heavy (non-hydrogen) atoms. The highest BCUT2D eigenvalue weighted by Crippen LogP contribution is 2.07. The van der Waals surface area contributed by atoms with Gasteiger partial charge < -0.3 is 10.1 Å². The monoisotopic (exact) mass is 216 g/mol. The zero-order valence-electron chi connectivity index (χ0n) is 8.94. The largest absolute Gasteiger partial charge is 0.396 e. The van der Waals surface area contributed by atoms with Gasteiger partial charge in [-0.2, -0.15) is 0 Å². The van der Waals surface area contributed by atoms with Crippen molar-refractivity contribution in [3.8, 4) is 11.8 Å². The highest BCUT2D eigenvalue weighted by molar-refractivity contribution is 5.75. The quantitative estimate of drug-likeness (QED) is 0.725. The second-order valence-electron chi connectivity index (χ2n) is 3.62. The third-order valence-electron chi connectivity index (χ3n) is 2.19. The normalized spacial score (nSPS) is 12.1. The molecule has 0 fully saturated rings. The van der Waals surface area contributed by atoms with Gasteiger partial charge in [0.2, 0.25) is 0 Å². The Balaban J connectivity index is 2.23. The first-order valence-electron chi connectivity index (χ1n) is 5.05. The Morgan fingerprint density at radius 2 is 2.31 bits per heavy atom. The van der Waals surface area contributed by atoms with Crippen LogP contribution in [0.25, 0.3) is 11.2 Å². The molecule has 0 bridgehead atoms. The van der Waals surface area contributed by atoms with E-state index in [9.17, 15) is 0 Å². The number of rotatable bonds is 2. The van der Waals surface area contributed by atoms with Gasteiger partial charge in [0, 0.05) is 13.0 Å². The van der Waals surface area contributed by atoms with Gasteiger partial charge in [-0.3, -0.25) is 0 Å². The molecule has 0 saturated carbocycles. The van der Waals surface area contributed by atoms with Crippen LogP contribution >= 0.6 is 0 Å². The summed E-state index contributed by atoms with van der Waals surface area (Å²) in [4.78, 5) is 15.1. The average Bonchev–Trinajstić information content (AvgIpc) is 2.77. The summed E-state index contributed by atoms with van der Waals surface area (Å²) in [6, 6.07) is 0. The van der Waals surface area contributed by atoms with Gasteiger partial charge in [-0.25, -0.2) is 15.0 Å². The fourth-order valence-corrected chi connectivity index (χ4v) is 1.23. The number of nitrogens with one attached hydrogen (secondary N) is 1. The average molecular weight is 216 g/mol. The van der Waals surface area contributed by atoms with Gasteiger partial charge in [-0.1, -0.05) is 12.8 Å². The molecule has 2 aromatic heterocycles. The maximum absolute atomic E-state index is 8.86. The number of aromatic nitrogens is 4. The second-order valence-corrected chi connectivity index (χ2v) is 3.62. The molecule has 0 aliphatic rings. The number of fused-ring (bicyclic) bond motifs is 1. The lowest BCUT2D eigenvalue weighted by molar-refractivity contribution is 0.240. The van der Waals surface area contributed by atoms with E-state index in [0.717, 1.165) is 5.52 Å². The Morgan fingerprint density at radius 3 is 3.12 bits per heavy atom. The molecule has 0 unspecified atom stereocenters. The number of nitrogens with zero attached hydrogens (tertiary/aromatic N) is 3. The number of H-pyrrole nitrogens is 1. The summed E-state index contributed by atoms with van der Waals surface area (Å²) in [5.41, 5.74) is 2.02. The number of aliphatic hydroxyl groups is 1. The van der Waals surface area contributed by atoms with E-state index in [1.54, 1.807) is 6.33 Å². The van der Waals surface area contributed by atoms with Crippen LogP contribution in [0.1, 0.15) is 19.0 Å². The van der Waals surface area contributed by atoms with Crippen molar-refractivity contribution in [1.82, 2.24) is 19.9 Å². The van der Waals surface area contributed by atoms with Gasteiger partial charge in [0.1, 0.15) is 17.5 Å². The molecule has 0 amide bonds. The summed E-state index contributed by atoms with van der Waals surface area (Å²) in [5.74, 6) is 6.13. The van der Waals surface area contributed by atoms with Crippen molar-refractivity contribution in [2.24, 2.45) is 5.92 Å². The smallest absolute Gasteiger partial charge is 0.181 e. The Kier molecular flexibility index (Phi) is 3.13. The van der Waals surface area contributed by atoms with Crippen LogP contribution in [-0.2, 0) is 0 Å². The van der Waals surface area contributed by atoms with E-state index in [1.807, 2.05) is 6.92 Å². The highest BCUT2D eigenvalue weighted by Gasteiger charge is 2.02. The lowest BCUT2D eigenvalue weighted by Crippen LogP contribution is -1.98. The van der Waals surface area contributed by atoms with E-state index in [1.165, 1.54) is 6.33 Å². The van der Waals surface area contributed by atoms with Crippen molar-refractivity contribution < 1.29 is 5.11 Å². The van der Waals surface area contributed by atoms with Crippen LogP contribution in [0.15, 0.2) is 12.7 Å². The van der Waals surface area contributed by atoms with Gasteiger partial charge in [0.25, 0.3) is 0 Å². The molecule has 0 spiro atoms. The molecule has 2 heterocycles. The molecular formula is C11H12N4O. The molecule has 0 aromatic carbocycles. The van der Waals surface area contributed by atoms with E-state index < -0.39 is 0 Å². The minimum absolute atomic E-state index is 0.151. The van der Waals surface area contributed by atoms with Crippen LogP contribution in [-0.4, -0.2) is 31.6 Å². The summed E-state index contributed by atoms with van der Waals surface area (Å²) in [6.45, 7) is 2.10. The maximum atomic E-state index is 8.86. The van der Waals surface area contributed by atoms with Crippen LogP contribution in [0.5, 0.6) is 0 Å². The molecule has 2 N–H and O–H groups in total. The Hall–Kier alpha value is -1.93. The topological polar surface area (TPSA) is 74.7 Å². The second kappa shape index (κ2) is 4.73. The number of hydrogen-bond donors (Lipinski definition) is 2. The van der Waals surface area contributed by atoms with Crippen molar-refractivity contribution in [1.29, 1.82) is 0 Å². The summed E-state index contributed by atoms with van der Waals surface area (Å²) in [5, 5.41) is 8.86. The standard InChI is InChI=1S/C11H12N4O/c1-8(5-16)3-2-4-9-10-11(14-6-12-9)15-7-13-10/h6-8,16H,3,5H2,1H3,(H,12,13,14,15)/t8-/m1/s1. The SMILES string of the molecule is C[C@@H](CO)CC#Cc1ncnc2nc[nH]c12. The first-order chi connectivity index (χ1) is 7.81. The Labute approximate surface area is 93.0 Å². The van der Waals surface area contributed by atoms with E-state index in [4.69, 9.17) is 5.11 Å². The molecule has 5 heteroatoms. The van der Waals surface area contributed by atoms with E-state index in [2.05, 4.69) is 31.8 Å².